The summed E-state index contributed by atoms with van der Waals surface area (Å²) in [4.78, 5) is 3.38. The van der Waals surface area contributed by atoms with Gasteiger partial charge >= 0.3 is 0 Å². The first kappa shape index (κ1) is 39.7. The van der Waals surface area contributed by atoms with Gasteiger partial charge in [-0.15, -0.1) is 0 Å². The Morgan fingerprint density at radius 2 is 0.772 bits per heavy atom. The zero-order chi connectivity index (χ0) is 37.7. The molecule has 3 heteroatoms. The molecule has 9 saturated carbocycles. The molecule has 11 fully saturated rings. The van der Waals surface area contributed by atoms with Crippen LogP contribution in [0.2, 0.25) is 0 Å². The fraction of sp³-hybridized carbons (Fsp3) is 1.00. The average molecular weight is 784 g/mol. The van der Waals surface area contributed by atoms with Crippen LogP contribution < -0.4 is 0 Å². The van der Waals surface area contributed by atoms with Gasteiger partial charge in [0.15, 0.2) is 0 Å². The molecular weight excluding hydrogens is 695 g/mol. The molecule has 0 aromatic rings. The fourth-order valence-electron chi connectivity index (χ4n) is 18.9. The van der Waals surface area contributed by atoms with Crippen LogP contribution in [0.1, 0.15) is 225 Å². The molecule has 0 N–H and O–H groups in total. The van der Waals surface area contributed by atoms with Crippen molar-refractivity contribution in [1.82, 2.24) is 4.90 Å². The maximum absolute atomic E-state index is 7.62. The summed E-state index contributed by atoms with van der Waals surface area (Å²) in [5, 5.41) is 0. The van der Waals surface area contributed by atoms with Crippen LogP contribution in [0.15, 0.2) is 0 Å². The van der Waals surface area contributed by atoms with Crippen molar-refractivity contribution in [3.8, 4) is 0 Å². The molecule has 0 aromatic carbocycles. The highest BCUT2D eigenvalue weighted by Gasteiger charge is 2.60. The average Bonchev–Trinajstić information content (AvgIpc) is 3.86. The Bertz CT molecular complexity index is 1270. The molecule has 2 heterocycles. The van der Waals surface area contributed by atoms with Gasteiger partial charge < -0.3 is 9.47 Å². The van der Waals surface area contributed by atoms with E-state index >= 15 is 0 Å². The molecule has 13 atom stereocenters. The van der Waals surface area contributed by atoms with Gasteiger partial charge in [0.2, 0.25) is 0 Å². The smallest absolute Gasteiger partial charge is 0.0667 e. The number of fused-ring (bicyclic) bond motifs is 7. The third kappa shape index (κ3) is 8.06. The Hall–Kier alpha value is -0.120. The lowest BCUT2D eigenvalue weighted by Crippen LogP contribution is -2.54. The van der Waals surface area contributed by atoms with E-state index in [4.69, 9.17) is 9.47 Å². The SMILES string of the molecule is C1CCC(C2CCC(N(C3CCC(C4CCCC(C5CCCCC5)C4)CC3)C3CCCC(C4CCCC5C6CCC7OC8CCCCC8C7C6OC45)C3)CC2)CC1. The lowest BCUT2D eigenvalue weighted by molar-refractivity contribution is -0.0899. The largest absolute Gasteiger partial charge is 0.374 e. The molecule has 0 radical (unpaired) electrons. The Labute approximate surface area is 351 Å². The highest BCUT2D eigenvalue weighted by Crippen LogP contribution is 2.59. The zero-order valence-electron chi connectivity index (χ0n) is 37.0. The van der Waals surface area contributed by atoms with E-state index in [1.165, 1.54) is 148 Å². The Morgan fingerprint density at radius 3 is 1.49 bits per heavy atom. The first-order valence-corrected chi connectivity index (χ1v) is 27.3. The fourth-order valence-corrected chi connectivity index (χ4v) is 18.9. The minimum Gasteiger partial charge on any atom is -0.374 e. The predicted molar refractivity (Wildman–Crippen MR) is 234 cm³/mol. The molecule has 0 spiro atoms. The summed E-state index contributed by atoms with van der Waals surface area (Å²) in [6.07, 6.45) is 55.0. The molecule has 322 valence electrons. The lowest BCUT2D eigenvalue weighted by atomic mass is 9.62. The van der Waals surface area contributed by atoms with Gasteiger partial charge in [0, 0.05) is 24.0 Å². The van der Waals surface area contributed by atoms with Crippen LogP contribution in [-0.4, -0.2) is 47.4 Å². The van der Waals surface area contributed by atoms with Gasteiger partial charge in [-0.3, -0.25) is 4.90 Å². The summed E-state index contributed by atoms with van der Waals surface area (Å²) < 4.78 is 14.5. The topological polar surface area (TPSA) is 21.7 Å². The summed E-state index contributed by atoms with van der Waals surface area (Å²) in [6, 6.07) is 2.62. The van der Waals surface area contributed by atoms with Crippen LogP contribution in [0.25, 0.3) is 0 Å². The first-order valence-electron chi connectivity index (χ1n) is 27.3. The second kappa shape index (κ2) is 17.9. The van der Waals surface area contributed by atoms with E-state index in [0.29, 0.717) is 24.4 Å². The quantitative estimate of drug-likeness (QED) is 0.257. The van der Waals surface area contributed by atoms with Crippen molar-refractivity contribution < 1.29 is 9.47 Å². The van der Waals surface area contributed by atoms with Crippen molar-refractivity contribution in [2.45, 2.75) is 267 Å². The van der Waals surface area contributed by atoms with Gasteiger partial charge in [0.05, 0.1) is 24.4 Å². The normalized spacial score (nSPS) is 50.2. The minimum atomic E-state index is 0.519. The number of hydrogen-bond acceptors (Lipinski definition) is 3. The monoisotopic (exact) mass is 784 g/mol. The van der Waals surface area contributed by atoms with Gasteiger partial charge in [0.1, 0.15) is 0 Å². The van der Waals surface area contributed by atoms with Crippen molar-refractivity contribution in [3.05, 3.63) is 0 Å². The summed E-state index contributed by atoms with van der Waals surface area (Å²) in [5.41, 5.74) is 0. The van der Waals surface area contributed by atoms with E-state index in [2.05, 4.69) is 4.90 Å². The van der Waals surface area contributed by atoms with E-state index < -0.39 is 0 Å². The van der Waals surface area contributed by atoms with Crippen LogP contribution in [0.3, 0.4) is 0 Å². The number of hydrogen-bond donors (Lipinski definition) is 0. The highest BCUT2D eigenvalue weighted by atomic mass is 16.5. The second-order valence-electron chi connectivity index (χ2n) is 24.0. The van der Waals surface area contributed by atoms with E-state index in [-0.39, 0.29) is 0 Å². The lowest BCUT2D eigenvalue weighted by Gasteiger charge is -2.52. The molecule has 57 heavy (non-hydrogen) atoms. The van der Waals surface area contributed by atoms with Gasteiger partial charge in [-0.2, -0.15) is 0 Å². The third-order valence-electron chi connectivity index (χ3n) is 21.5. The van der Waals surface area contributed by atoms with Gasteiger partial charge in [-0.1, -0.05) is 109 Å². The summed E-state index contributed by atoms with van der Waals surface area (Å²) in [7, 11) is 0. The van der Waals surface area contributed by atoms with Crippen molar-refractivity contribution >= 4 is 0 Å². The maximum Gasteiger partial charge on any atom is 0.0667 e. The molecule has 0 amide bonds. The van der Waals surface area contributed by atoms with Crippen LogP contribution in [0.5, 0.6) is 0 Å². The van der Waals surface area contributed by atoms with E-state index in [1.54, 1.807) is 77.0 Å². The molecule has 2 saturated heterocycles. The number of rotatable bonds is 7. The maximum atomic E-state index is 7.62. The van der Waals surface area contributed by atoms with Crippen LogP contribution in [-0.2, 0) is 9.47 Å². The van der Waals surface area contributed by atoms with E-state index in [0.717, 1.165) is 89.1 Å². The van der Waals surface area contributed by atoms with Gasteiger partial charge in [0.25, 0.3) is 0 Å². The van der Waals surface area contributed by atoms with Crippen molar-refractivity contribution in [2.75, 3.05) is 0 Å². The standard InChI is InChI=1S/C54H89NO2/c1-3-12-36(13-4-1)38-24-28-43(29-25-38)55(44-30-26-39(27-31-44)41-17-9-16-40(34-41)37-14-5-2-6-15-37)45-19-10-18-42(35-45)46-21-11-22-47-48-32-33-51-52(54(48)57-53(46)47)49-20-7-8-23-50(49)56-51/h36-54H,1-35H2. The van der Waals surface area contributed by atoms with Crippen LogP contribution in [0, 0.1) is 71.0 Å². The predicted octanol–water partition coefficient (Wildman–Crippen LogP) is 14.1. The molecule has 13 unspecified atom stereocenters. The summed E-state index contributed by atoms with van der Waals surface area (Å²) in [5.74, 6) is 11.4. The molecule has 11 aliphatic rings. The summed E-state index contributed by atoms with van der Waals surface area (Å²) >= 11 is 0. The molecule has 2 aliphatic heterocycles. The van der Waals surface area contributed by atoms with Gasteiger partial charge in [-0.05, 0) is 181 Å². The van der Waals surface area contributed by atoms with E-state index in [9.17, 15) is 0 Å². The highest BCUT2D eigenvalue weighted by molar-refractivity contribution is 5.08. The van der Waals surface area contributed by atoms with Crippen molar-refractivity contribution in [2.24, 2.45) is 71.0 Å². The van der Waals surface area contributed by atoms with Crippen LogP contribution >= 0.6 is 0 Å². The molecule has 9 aliphatic carbocycles. The first-order chi connectivity index (χ1) is 28.2. The molecule has 3 nitrogen and oxygen atoms in total. The second-order valence-corrected chi connectivity index (χ2v) is 24.0. The Kier molecular flexibility index (Phi) is 12.5. The van der Waals surface area contributed by atoms with Crippen LogP contribution in [0.4, 0.5) is 0 Å². The molecule has 0 bridgehead atoms. The zero-order valence-corrected chi connectivity index (χ0v) is 37.0. The summed E-state index contributed by atoms with van der Waals surface area (Å²) in [6.45, 7) is 0. The number of nitrogens with zero attached hydrogens (tertiary/aromatic N) is 1. The van der Waals surface area contributed by atoms with Gasteiger partial charge in [-0.25, -0.2) is 0 Å². The van der Waals surface area contributed by atoms with E-state index in [1.807, 2.05) is 0 Å². The minimum absolute atomic E-state index is 0.519. The Morgan fingerprint density at radius 1 is 0.263 bits per heavy atom. The molecule has 11 rings (SSSR count). The Balaban J connectivity index is 0.777. The molecule has 0 aromatic heterocycles. The molecular formula is C54H89NO2. The number of ether oxygens (including phenoxy) is 2. The third-order valence-corrected chi connectivity index (χ3v) is 21.5. The van der Waals surface area contributed by atoms with Crippen molar-refractivity contribution in [1.29, 1.82) is 0 Å². The van der Waals surface area contributed by atoms with Crippen molar-refractivity contribution in [3.63, 3.8) is 0 Å².